The van der Waals surface area contributed by atoms with Crippen molar-refractivity contribution in [1.29, 1.82) is 0 Å². The van der Waals surface area contributed by atoms with Crippen LogP contribution in [-0.2, 0) is 6.54 Å². The van der Waals surface area contributed by atoms with Crippen LogP contribution in [0.4, 0.5) is 0 Å². The smallest absolute Gasteiger partial charge is 0.281 e. The SMILES string of the molecule is C/C(=N\NC(=O)c1ccc(C(=O)NCc2ccccn2)s1)c1csc(-c2ccc(I)c(C)c2)c1O. The average molecular weight is 617 g/mol. The Kier molecular flexibility index (Phi) is 7.93. The van der Waals surface area contributed by atoms with Crippen molar-refractivity contribution in [2.24, 2.45) is 5.10 Å². The van der Waals surface area contributed by atoms with E-state index < -0.39 is 5.91 Å². The molecule has 0 atom stereocenters. The van der Waals surface area contributed by atoms with Gasteiger partial charge in [-0.25, -0.2) is 5.43 Å². The van der Waals surface area contributed by atoms with E-state index in [1.165, 1.54) is 11.3 Å². The van der Waals surface area contributed by atoms with Crippen LogP contribution in [0.5, 0.6) is 5.75 Å². The Labute approximate surface area is 224 Å². The molecule has 0 fully saturated rings. The maximum Gasteiger partial charge on any atom is 0.281 e. The molecule has 0 bridgehead atoms. The van der Waals surface area contributed by atoms with Gasteiger partial charge < -0.3 is 10.4 Å². The van der Waals surface area contributed by atoms with Gasteiger partial charge in [-0.15, -0.1) is 22.7 Å². The molecule has 0 saturated heterocycles. The van der Waals surface area contributed by atoms with E-state index in [-0.39, 0.29) is 11.7 Å². The molecule has 0 saturated carbocycles. The molecule has 0 aliphatic heterocycles. The number of benzene rings is 1. The number of aromatic nitrogens is 1. The first-order valence-electron chi connectivity index (χ1n) is 10.5. The summed E-state index contributed by atoms with van der Waals surface area (Å²) in [5, 5.41) is 19.5. The Morgan fingerprint density at radius 1 is 1.11 bits per heavy atom. The van der Waals surface area contributed by atoms with Crippen molar-refractivity contribution in [2.75, 3.05) is 0 Å². The zero-order valence-corrected chi connectivity index (χ0v) is 22.6. The lowest BCUT2D eigenvalue weighted by molar-refractivity contribution is 0.0949. The van der Waals surface area contributed by atoms with Crippen LogP contribution >= 0.6 is 45.3 Å². The number of amides is 2. The van der Waals surface area contributed by atoms with Crippen molar-refractivity contribution in [2.45, 2.75) is 20.4 Å². The summed E-state index contributed by atoms with van der Waals surface area (Å²) < 4.78 is 1.16. The highest BCUT2D eigenvalue weighted by atomic mass is 127. The van der Waals surface area contributed by atoms with E-state index in [0.717, 1.165) is 36.6 Å². The van der Waals surface area contributed by atoms with Crippen molar-refractivity contribution >= 4 is 62.8 Å². The lowest BCUT2D eigenvalue weighted by atomic mass is 10.1. The molecule has 35 heavy (non-hydrogen) atoms. The number of nitrogens with zero attached hydrogens (tertiary/aromatic N) is 2. The van der Waals surface area contributed by atoms with E-state index in [2.05, 4.69) is 43.4 Å². The first-order chi connectivity index (χ1) is 16.8. The summed E-state index contributed by atoms with van der Waals surface area (Å²) in [5.74, 6) is -0.573. The highest BCUT2D eigenvalue weighted by Gasteiger charge is 2.17. The van der Waals surface area contributed by atoms with Gasteiger partial charge in [-0.3, -0.25) is 14.6 Å². The second-order valence-corrected chi connectivity index (χ2v) is 10.7. The third kappa shape index (κ3) is 5.95. The topological polar surface area (TPSA) is 104 Å². The molecule has 1 aromatic carbocycles. The van der Waals surface area contributed by atoms with Gasteiger partial charge in [0.1, 0.15) is 5.75 Å². The molecule has 7 nitrogen and oxygen atoms in total. The molecule has 2 amide bonds. The minimum absolute atomic E-state index is 0.133. The fraction of sp³-hybridized carbons (Fsp3) is 0.120. The molecule has 3 heterocycles. The van der Waals surface area contributed by atoms with Crippen LogP contribution in [0.2, 0.25) is 0 Å². The molecule has 0 radical (unpaired) electrons. The van der Waals surface area contributed by atoms with Gasteiger partial charge in [0.2, 0.25) is 0 Å². The standard InChI is InChI=1S/C25H21IN4O3S2/c1-14-11-16(6-7-19(14)26)23-22(31)18(13-34-23)15(2)29-30-25(33)21-9-8-20(35-21)24(32)28-12-17-5-3-4-10-27-17/h3-11,13,31H,12H2,1-2H3,(H,28,32)(H,30,33)/b29-15+. The predicted octanol–water partition coefficient (Wildman–Crippen LogP) is 5.57. The zero-order valence-electron chi connectivity index (χ0n) is 18.8. The summed E-state index contributed by atoms with van der Waals surface area (Å²) >= 11 is 4.77. The Bertz CT molecular complexity index is 1410. The van der Waals surface area contributed by atoms with Crippen molar-refractivity contribution in [3.63, 3.8) is 0 Å². The summed E-state index contributed by atoms with van der Waals surface area (Å²) in [6.07, 6.45) is 1.66. The highest BCUT2D eigenvalue weighted by molar-refractivity contribution is 14.1. The van der Waals surface area contributed by atoms with E-state index in [9.17, 15) is 14.7 Å². The number of hydrogen-bond acceptors (Lipinski definition) is 7. The number of pyridine rings is 1. The lowest BCUT2D eigenvalue weighted by Crippen LogP contribution is -2.22. The van der Waals surface area contributed by atoms with E-state index in [4.69, 9.17) is 0 Å². The van der Waals surface area contributed by atoms with E-state index in [0.29, 0.717) is 27.6 Å². The molecule has 10 heteroatoms. The Morgan fingerprint density at radius 2 is 1.89 bits per heavy atom. The van der Waals surface area contributed by atoms with Crippen molar-refractivity contribution in [1.82, 2.24) is 15.7 Å². The van der Waals surface area contributed by atoms with Crippen LogP contribution in [0.15, 0.2) is 65.2 Å². The van der Waals surface area contributed by atoms with E-state index >= 15 is 0 Å². The number of rotatable bonds is 7. The van der Waals surface area contributed by atoms with Gasteiger partial charge in [-0.1, -0.05) is 12.1 Å². The number of carbonyl (C=O) groups is 2. The van der Waals surface area contributed by atoms with Crippen molar-refractivity contribution in [3.05, 3.63) is 90.3 Å². The van der Waals surface area contributed by atoms with E-state index in [1.807, 2.05) is 48.7 Å². The van der Waals surface area contributed by atoms with E-state index in [1.54, 1.807) is 25.3 Å². The summed E-state index contributed by atoms with van der Waals surface area (Å²) in [6, 6.07) is 14.7. The van der Waals surface area contributed by atoms with Gasteiger partial charge >= 0.3 is 0 Å². The minimum Gasteiger partial charge on any atom is -0.506 e. The molecular weight excluding hydrogens is 595 g/mol. The molecule has 0 unspecified atom stereocenters. The summed E-state index contributed by atoms with van der Waals surface area (Å²) in [6.45, 7) is 4.05. The average Bonchev–Trinajstić information content (AvgIpc) is 3.51. The van der Waals surface area contributed by atoms with Crippen LogP contribution in [-0.4, -0.2) is 27.6 Å². The van der Waals surface area contributed by atoms with Crippen LogP contribution < -0.4 is 10.7 Å². The summed E-state index contributed by atoms with van der Waals surface area (Å²) in [5.41, 5.74) is 6.36. The fourth-order valence-electron chi connectivity index (χ4n) is 3.19. The van der Waals surface area contributed by atoms with Gasteiger partial charge in [0.15, 0.2) is 0 Å². The molecule has 4 aromatic rings. The number of hydrogen-bond donors (Lipinski definition) is 3. The molecule has 0 aliphatic carbocycles. The summed E-state index contributed by atoms with van der Waals surface area (Å²) in [7, 11) is 0. The highest BCUT2D eigenvalue weighted by Crippen LogP contribution is 2.39. The first kappa shape index (κ1) is 25.0. The third-order valence-corrected chi connectivity index (χ3v) is 8.42. The number of thiophene rings is 2. The molecule has 3 N–H and O–H groups in total. The number of carbonyl (C=O) groups excluding carboxylic acids is 2. The van der Waals surface area contributed by atoms with Crippen molar-refractivity contribution < 1.29 is 14.7 Å². The largest absolute Gasteiger partial charge is 0.506 e. The third-order valence-electron chi connectivity index (χ3n) is 5.11. The Balaban J connectivity index is 1.40. The number of aryl methyl sites for hydroxylation is 1. The normalized spacial score (nSPS) is 11.3. The van der Waals surface area contributed by atoms with Crippen LogP contribution in [0.1, 0.15) is 43.1 Å². The fourth-order valence-corrected chi connectivity index (χ4v) is 5.34. The Hall–Kier alpha value is -3.09. The Morgan fingerprint density at radius 3 is 2.60 bits per heavy atom. The molecule has 4 rings (SSSR count). The van der Waals surface area contributed by atoms with Gasteiger partial charge in [0.25, 0.3) is 11.8 Å². The van der Waals surface area contributed by atoms with Gasteiger partial charge in [-0.2, -0.15) is 5.10 Å². The number of nitrogens with one attached hydrogen (secondary N) is 2. The number of hydrazone groups is 1. The lowest BCUT2D eigenvalue weighted by Gasteiger charge is -2.05. The predicted molar refractivity (Wildman–Crippen MR) is 148 cm³/mol. The maximum atomic E-state index is 12.6. The molecular formula is C25H21IN4O3S2. The van der Waals surface area contributed by atoms with Gasteiger partial charge in [-0.05, 0) is 84.0 Å². The van der Waals surface area contributed by atoms with Crippen molar-refractivity contribution in [3.8, 4) is 16.2 Å². The first-order valence-corrected chi connectivity index (χ1v) is 13.3. The molecule has 0 aliphatic rings. The quantitative estimate of drug-likeness (QED) is 0.144. The second kappa shape index (κ2) is 11.1. The number of aromatic hydroxyl groups is 1. The minimum atomic E-state index is -0.429. The monoisotopic (exact) mass is 616 g/mol. The van der Waals surface area contributed by atoms with Crippen LogP contribution in [0.3, 0.4) is 0 Å². The number of halogens is 1. The zero-order chi connectivity index (χ0) is 24.9. The second-order valence-electron chi connectivity index (χ2n) is 7.60. The van der Waals surface area contributed by atoms with Crippen LogP contribution in [0.25, 0.3) is 10.4 Å². The van der Waals surface area contributed by atoms with Gasteiger partial charge in [0.05, 0.1) is 38.1 Å². The van der Waals surface area contributed by atoms with Gasteiger partial charge in [0, 0.05) is 15.1 Å². The van der Waals surface area contributed by atoms with Crippen LogP contribution in [0, 0.1) is 10.5 Å². The maximum absolute atomic E-state index is 12.6. The molecule has 0 spiro atoms. The molecule has 178 valence electrons. The molecule has 3 aromatic heterocycles. The summed E-state index contributed by atoms with van der Waals surface area (Å²) in [4.78, 5) is 30.6.